The van der Waals surface area contributed by atoms with Gasteiger partial charge in [-0.05, 0) is 67.8 Å². The van der Waals surface area contributed by atoms with Crippen LogP contribution in [-0.2, 0) is 19.2 Å². The topological polar surface area (TPSA) is 64.6 Å². The van der Waals surface area contributed by atoms with Gasteiger partial charge in [0.1, 0.15) is 11.7 Å². The lowest BCUT2D eigenvalue weighted by molar-refractivity contribution is -0.267. The van der Waals surface area contributed by atoms with Crippen LogP contribution >= 0.6 is 0 Å². The Hall–Kier alpha value is -1.64. The number of Topliss-reactive ketones (excluding diaryl/α,β-unsaturated/α-hetero) is 2. The Morgan fingerprint density at radius 2 is 2.07 bits per heavy atom. The van der Waals surface area contributed by atoms with E-state index in [1.807, 2.05) is 0 Å². The molecule has 6 aliphatic carbocycles. The normalized spacial score (nSPS) is 55.0. The van der Waals surface area contributed by atoms with E-state index in [9.17, 15) is 9.59 Å². The number of allylic oxidation sites excluding steroid dienone is 1. The molecule has 5 nitrogen and oxygen atoms in total. The van der Waals surface area contributed by atoms with Gasteiger partial charge in [-0.15, -0.1) is 0 Å². The molecule has 2 bridgehead atoms. The minimum absolute atomic E-state index is 0.00597. The van der Waals surface area contributed by atoms with Gasteiger partial charge in [0.2, 0.25) is 0 Å². The SMILES string of the molecule is C#COC12CCCCC(C)C3C(=C)C(=O)C45CCC(CC4C31C2)C1(CNO1)C5=O. The van der Waals surface area contributed by atoms with Crippen molar-refractivity contribution in [1.82, 2.24) is 5.48 Å². The first-order valence-electron chi connectivity index (χ1n) is 11.2. The maximum Gasteiger partial charge on any atom is 0.182 e. The van der Waals surface area contributed by atoms with Crippen molar-refractivity contribution in [1.29, 1.82) is 0 Å². The first-order valence-corrected chi connectivity index (χ1v) is 11.2. The van der Waals surface area contributed by atoms with Crippen molar-refractivity contribution < 1.29 is 19.2 Å². The number of ether oxygens (including phenoxy) is 1. The molecular weight excluding hydrogens is 366 g/mol. The third-order valence-corrected chi connectivity index (χ3v) is 9.90. The van der Waals surface area contributed by atoms with Crippen molar-refractivity contribution in [3.05, 3.63) is 12.2 Å². The maximum absolute atomic E-state index is 13.9. The second kappa shape index (κ2) is 5.34. The first kappa shape index (κ1) is 18.2. The molecule has 5 heteroatoms. The second-order valence-corrected chi connectivity index (χ2v) is 10.6. The molecule has 1 aliphatic heterocycles. The lowest BCUT2D eigenvalue weighted by atomic mass is 9.38. The fourth-order valence-corrected chi connectivity index (χ4v) is 8.77. The third kappa shape index (κ3) is 1.72. The van der Waals surface area contributed by atoms with Crippen LogP contribution in [-0.4, -0.2) is 29.3 Å². The zero-order chi connectivity index (χ0) is 20.2. The van der Waals surface area contributed by atoms with Crippen molar-refractivity contribution in [2.45, 2.75) is 69.5 Å². The van der Waals surface area contributed by atoms with Crippen molar-refractivity contribution in [3.8, 4) is 12.5 Å². The Kier molecular flexibility index (Phi) is 3.34. The number of terminal acetylenes is 1. The predicted molar refractivity (Wildman–Crippen MR) is 105 cm³/mol. The summed E-state index contributed by atoms with van der Waals surface area (Å²) in [4.78, 5) is 33.6. The highest BCUT2D eigenvalue weighted by Gasteiger charge is 2.86. The molecule has 7 aliphatic rings. The van der Waals surface area contributed by atoms with Crippen LogP contribution in [0.4, 0.5) is 0 Å². The molecule has 7 fully saturated rings. The second-order valence-electron chi connectivity index (χ2n) is 10.6. The molecule has 0 aromatic heterocycles. The van der Waals surface area contributed by atoms with Gasteiger partial charge < -0.3 is 4.74 Å². The maximum atomic E-state index is 13.9. The summed E-state index contributed by atoms with van der Waals surface area (Å²) < 4.78 is 6.07. The minimum Gasteiger partial charge on any atom is -0.440 e. The molecule has 0 amide bonds. The van der Waals surface area contributed by atoms with Gasteiger partial charge in [0.25, 0.3) is 0 Å². The zero-order valence-electron chi connectivity index (χ0n) is 17.1. The zero-order valence-corrected chi connectivity index (χ0v) is 17.1. The van der Waals surface area contributed by atoms with Gasteiger partial charge >= 0.3 is 0 Å². The molecular formula is C24H29NO4. The summed E-state index contributed by atoms with van der Waals surface area (Å²) in [5.74, 6) is 0.563. The van der Waals surface area contributed by atoms with Gasteiger partial charge in [0, 0.05) is 5.41 Å². The van der Waals surface area contributed by atoms with Crippen LogP contribution in [0.1, 0.15) is 58.3 Å². The van der Waals surface area contributed by atoms with Crippen LogP contribution in [0.2, 0.25) is 0 Å². The summed E-state index contributed by atoms with van der Waals surface area (Å²) in [6.45, 7) is 7.09. The molecule has 0 aromatic rings. The summed E-state index contributed by atoms with van der Waals surface area (Å²) in [6, 6.07) is 0. The average molecular weight is 395 g/mol. The third-order valence-electron chi connectivity index (χ3n) is 9.90. The Bertz CT molecular complexity index is 884. The Morgan fingerprint density at radius 1 is 1.28 bits per heavy atom. The number of hydrogen-bond donors (Lipinski definition) is 1. The van der Waals surface area contributed by atoms with Crippen LogP contribution in [0.5, 0.6) is 0 Å². The van der Waals surface area contributed by atoms with Crippen LogP contribution in [0, 0.1) is 47.0 Å². The Labute approximate surface area is 171 Å². The van der Waals surface area contributed by atoms with E-state index in [1.165, 1.54) is 0 Å². The van der Waals surface area contributed by atoms with E-state index in [0.29, 0.717) is 24.5 Å². The number of hydroxylamine groups is 1. The summed E-state index contributed by atoms with van der Waals surface area (Å²) in [5.41, 5.74) is 1.02. The first-order chi connectivity index (χ1) is 13.9. The molecule has 3 spiro atoms. The Balaban J connectivity index is 1.55. The van der Waals surface area contributed by atoms with Gasteiger partial charge in [0.05, 0.1) is 12.0 Å². The molecule has 29 heavy (non-hydrogen) atoms. The standard InChI is InChI=1S/C24H29NO4/c1-4-28-21-9-6-5-7-14(2)18-15(3)19(26)22-10-8-16(11-17(22)23(18,21)12-21)24(20(22)27)13-25-29-24/h1,14,16-18,25H,3,5-13H2,2H3. The predicted octanol–water partition coefficient (Wildman–Crippen LogP) is 2.95. The monoisotopic (exact) mass is 395 g/mol. The van der Waals surface area contributed by atoms with E-state index in [4.69, 9.17) is 16.0 Å². The molecule has 1 saturated heterocycles. The summed E-state index contributed by atoms with van der Waals surface area (Å²) in [7, 11) is 0. The lowest BCUT2D eigenvalue weighted by Gasteiger charge is -2.65. The molecule has 1 N–H and O–H groups in total. The highest BCUT2D eigenvalue weighted by molar-refractivity contribution is 6.19. The van der Waals surface area contributed by atoms with Crippen LogP contribution in [0.15, 0.2) is 12.2 Å². The number of ketones is 2. The molecule has 6 saturated carbocycles. The quantitative estimate of drug-likeness (QED) is 0.420. The van der Waals surface area contributed by atoms with Crippen molar-refractivity contribution in [2.24, 2.45) is 34.5 Å². The molecule has 1 heterocycles. The fraction of sp³-hybridized carbons (Fsp3) is 0.750. The number of fused-ring (bicyclic) bond motifs is 1. The number of carbonyl (C=O) groups excluding carboxylic acids is 2. The van der Waals surface area contributed by atoms with E-state index >= 15 is 0 Å². The summed E-state index contributed by atoms with van der Waals surface area (Å²) >= 11 is 0. The molecule has 8 unspecified atom stereocenters. The molecule has 8 atom stereocenters. The van der Waals surface area contributed by atoms with E-state index in [-0.39, 0.29) is 34.7 Å². The van der Waals surface area contributed by atoms with E-state index in [0.717, 1.165) is 44.9 Å². The van der Waals surface area contributed by atoms with Gasteiger partial charge in [-0.2, -0.15) is 5.48 Å². The van der Waals surface area contributed by atoms with E-state index in [1.54, 1.807) is 0 Å². The lowest BCUT2D eigenvalue weighted by Crippen LogP contribution is -2.79. The smallest absolute Gasteiger partial charge is 0.182 e. The van der Waals surface area contributed by atoms with Crippen molar-refractivity contribution in [3.63, 3.8) is 0 Å². The minimum atomic E-state index is -0.997. The van der Waals surface area contributed by atoms with E-state index in [2.05, 4.69) is 25.1 Å². The van der Waals surface area contributed by atoms with Crippen molar-refractivity contribution in [2.75, 3.05) is 6.54 Å². The van der Waals surface area contributed by atoms with Crippen LogP contribution in [0.3, 0.4) is 0 Å². The number of rotatable bonds is 1. The van der Waals surface area contributed by atoms with Crippen molar-refractivity contribution >= 4 is 11.6 Å². The van der Waals surface area contributed by atoms with Gasteiger partial charge in [-0.1, -0.05) is 32.8 Å². The highest BCUT2D eigenvalue weighted by atomic mass is 16.7. The number of hydrogen-bond acceptors (Lipinski definition) is 5. The van der Waals surface area contributed by atoms with Crippen LogP contribution < -0.4 is 5.48 Å². The molecule has 0 radical (unpaired) electrons. The molecule has 154 valence electrons. The fourth-order valence-electron chi connectivity index (χ4n) is 8.77. The average Bonchev–Trinajstić information content (AvgIpc) is 3.29. The number of nitrogens with one attached hydrogen (secondary N) is 1. The summed E-state index contributed by atoms with van der Waals surface area (Å²) in [5, 5.41) is 0. The van der Waals surface area contributed by atoms with Crippen LogP contribution in [0.25, 0.3) is 0 Å². The van der Waals surface area contributed by atoms with Gasteiger partial charge in [-0.25, -0.2) is 0 Å². The largest absolute Gasteiger partial charge is 0.440 e. The number of carbonyl (C=O) groups is 2. The molecule has 7 rings (SSSR count). The van der Waals surface area contributed by atoms with Gasteiger partial charge in [-0.3, -0.25) is 14.4 Å². The van der Waals surface area contributed by atoms with Gasteiger partial charge in [0.15, 0.2) is 17.2 Å². The molecule has 0 aromatic carbocycles. The highest BCUT2D eigenvalue weighted by Crippen LogP contribution is 2.81. The summed E-state index contributed by atoms with van der Waals surface area (Å²) in [6.07, 6.45) is 15.5. The Morgan fingerprint density at radius 3 is 2.76 bits per heavy atom. The van der Waals surface area contributed by atoms with E-state index < -0.39 is 16.6 Å².